The fourth-order valence-corrected chi connectivity index (χ4v) is 1.01. The van der Waals surface area contributed by atoms with Crippen molar-refractivity contribution < 1.29 is 33.5 Å². The number of hydrogen-bond acceptors (Lipinski definition) is 4. The van der Waals surface area contributed by atoms with Crippen LogP contribution >= 0.6 is 0 Å². The maximum absolute atomic E-state index is 12.3. The standard InChI is InChI=1S/C8H6F3NO4/c9-8(10,11)5-1-4(7(13)14)2-6(3-5)12(15)16/h1-3,15-16H,(H,13,14). The largest absolute Gasteiger partial charge is 0.478 e. The molecule has 0 aromatic heterocycles. The molecule has 8 heteroatoms. The highest BCUT2D eigenvalue weighted by molar-refractivity contribution is 5.89. The summed E-state index contributed by atoms with van der Waals surface area (Å²) < 4.78 is 36.9. The van der Waals surface area contributed by atoms with E-state index >= 15 is 0 Å². The molecule has 3 N–H and O–H groups in total. The molecule has 0 spiro atoms. The molecule has 0 amide bonds. The third-order valence-corrected chi connectivity index (χ3v) is 1.72. The lowest BCUT2D eigenvalue weighted by Crippen LogP contribution is -2.15. The number of nitrogens with zero attached hydrogens (tertiary/aromatic N) is 1. The first-order valence-electron chi connectivity index (χ1n) is 3.85. The van der Waals surface area contributed by atoms with Crippen molar-refractivity contribution in [3.8, 4) is 0 Å². The number of carbonyl (C=O) groups is 1. The van der Waals surface area contributed by atoms with Gasteiger partial charge in [-0.25, -0.2) is 4.79 Å². The molecule has 0 aliphatic carbocycles. The Morgan fingerprint density at radius 1 is 1.19 bits per heavy atom. The molecule has 1 rings (SSSR count). The summed E-state index contributed by atoms with van der Waals surface area (Å²) in [6.07, 6.45) is -4.77. The van der Waals surface area contributed by atoms with Gasteiger partial charge < -0.3 is 5.11 Å². The molecule has 0 saturated heterocycles. The van der Waals surface area contributed by atoms with E-state index in [0.29, 0.717) is 18.2 Å². The molecule has 0 heterocycles. The van der Waals surface area contributed by atoms with E-state index in [0.717, 1.165) is 0 Å². The molecule has 16 heavy (non-hydrogen) atoms. The van der Waals surface area contributed by atoms with Crippen molar-refractivity contribution in [2.24, 2.45) is 0 Å². The maximum Gasteiger partial charge on any atom is 0.416 e. The predicted molar refractivity (Wildman–Crippen MR) is 44.5 cm³/mol. The average molecular weight is 237 g/mol. The van der Waals surface area contributed by atoms with Crippen molar-refractivity contribution in [1.82, 2.24) is 0 Å². The number of benzene rings is 1. The first-order valence-corrected chi connectivity index (χ1v) is 3.85. The van der Waals surface area contributed by atoms with Crippen molar-refractivity contribution in [1.29, 1.82) is 0 Å². The van der Waals surface area contributed by atoms with Gasteiger partial charge in [0.05, 0.1) is 16.8 Å². The van der Waals surface area contributed by atoms with Crippen LogP contribution in [0.1, 0.15) is 15.9 Å². The molecule has 88 valence electrons. The molecular formula is C8H6F3NO4. The van der Waals surface area contributed by atoms with Crippen LogP contribution in [-0.2, 0) is 6.18 Å². The molecule has 1 aromatic carbocycles. The Morgan fingerprint density at radius 2 is 1.75 bits per heavy atom. The van der Waals surface area contributed by atoms with E-state index in [9.17, 15) is 18.0 Å². The summed E-state index contributed by atoms with van der Waals surface area (Å²) in [5.41, 5.74) is -2.67. The molecule has 0 aliphatic rings. The van der Waals surface area contributed by atoms with Crippen LogP contribution < -0.4 is 5.23 Å². The molecular weight excluding hydrogens is 231 g/mol. The summed E-state index contributed by atoms with van der Waals surface area (Å²) >= 11 is 0. The predicted octanol–water partition coefficient (Wildman–Crippen LogP) is 1.99. The topological polar surface area (TPSA) is 81.0 Å². The fourth-order valence-electron chi connectivity index (χ4n) is 1.01. The summed E-state index contributed by atoms with van der Waals surface area (Å²) in [5.74, 6) is -1.60. The van der Waals surface area contributed by atoms with Gasteiger partial charge in [0.25, 0.3) is 0 Å². The van der Waals surface area contributed by atoms with Crippen molar-refractivity contribution in [3.63, 3.8) is 0 Å². The molecule has 1 aromatic rings. The smallest absolute Gasteiger partial charge is 0.416 e. The Labute approximate surface area is 86.9 Å². The van der Waals surface area contributed by atoms with E-state index in [4.69, 9.17) is 15.5 Å². The number of anilines is 1. The summed E-state index contributed by atoms with van der Waals surface area (Å²) in [6, 6.07) is 1.50. The van der Waals surface area contributed by atoms with E-state index in [1.54, 1.807) is 0 Å². The van der Waals surface area contributed by atoms with Gasteiger partial charge in [0.1, 0.15) is 0 Å². The van der Waals surface area contributed by atoms with Gasteiger partial charge in [-0.1, -0.05) is 0 Å². The zero-order chi connectivity index (χ0) is 12.5. The Kier molecular flexibility index (Phi) is 3.06. The van der Waals surface area contributed by atoms with Crippen LogP contribution in [0.5, 0.6) is 0 Å². The lowest BCUT2D eigenvalue weighted by atomic mass is 10.1. The third-order valence-electron chi connectivity index (χ3n) is 1.72. The van der Waals surface area contributed by atoms with Crippen LogP contribution in [0.15, 0.2) is 18.2 Å². The minimum atomic E-state index is -4.77. The van der Waals surface area contributed by atoms with E-state index < -0.39 is 34.2 Å². The van der Waals surface area contributed by atoms with Gasteiger partial charge in [-0.15, -0.1) is 5.23 Å². The van der Waals surface area contributed by atoms with Crippen LogP contribution in [0.2, 0.25) is 0 Å². The van der Waals surface area contributed by atoms with E-state index in [1.165, 1.54) is 0 Å². The number of halogens is 3. The van der Waals surface area contributed by atoms with E-state index in [1.807, 2.05) is 0 Å². The Morgan fingerprint density at radius 3 is 2.12 bits per heavy atom. The van der Waals surface area contributed by atoms with Crippen molar-refractivity contribution in [2.45, 2.75) is 6.18 Å². The number of alkyl halides is 3. The highest BCUT2D eigenvalue weighted by Gasteiger charge is 2.32. The number of carboxylic acids is 1. The second-order valence-corrected chi connectivity index (χ2v) is 2.86. The lowest BCUT2D eigenvalue weighted by Gasteiger charge is -2.13. The second kappa shape index (κ2) is 3.99. The van der Waals surface area contributed by atoms with Gasteiger partial charge in [-0.3, -0.25) is 10.4 Å². The lowest BCUT2D eigenvalue weighted by molar-refractivity contribution is -0.137. The van der Waals surface area contributed by atoms with Crippen LogP contribution in [0, 0.1) is 0 Å². The first kappa shape index (κ1) is 12.3. The molecule has 0 aliphatic heterocycles. The van der Waals surface area contributed by atoms with Crippen LogP contribution in [-0.4, -0.2) is 21.5 Å². The van der Waals surface area contributed by atoms with E-state index in [-0.39, 0.29) is 0 Å². The average Bonchev–Trinajstić information content (AvgIpc) is 2.15. The molecule has 0 saturated carbocycles. The summed E-state index contributed by atoms with van der Waals surface area (Å²) in [7, 11) is 0. The molecule has 0 bridgehead atoms. The second-order valence-electron chi connectivity index (χ2n) is 2.86. The minimum Gasteiger partial charge on any atom is -0.478 e. The van der Waals surface area contributed by atoms with Gasteiger partial charge in [0.15, 0.2) is 0 Å². The van der Waals surface area contributed by atoms with Gasteiger partial charge in [-0.2, -0.15) is 13.2 Å². The molecule has 0 radical (unpaired) electrons. The van der Waals surface area contributed by atoms with Gasteiger partial charge in [0, 0.05) is 0 Å². The molecule has 0 fully saturated rings. The zero-order valence-electron chi connectivity index (χ0n) is 7.56. The molecule has 0 atom stereocenters. The normalized spacial score (nSPS) is 11.3. The number of rotatable bonds is 2. The van der Waals surface area contributed by atoms with Crippen LogP contribution in [0.4, 0.5) is 18.9 Å². The molecule has 5 nitrogen and oxygen atoms in total. The van der Waals surface area contributed by atoms with E-state index in [2.05, 4.69) is 0 Å². The zero-order valence-corrected chi connectivity index (χ0v) is 7.56. The number of aromatic carboxylic acids is 1. The first-order chi connectivity index (χ1) is 7.21. The van der Waals surface area contributed by atoms with Crippen molar-refractivity contribution in [3.05, 3.63) is 29.3 Å². The highest BCUT2D eigenvalue weighted by Crippen LogP contribution is 2.32. The van der Waals surface area contributed by atoms with Crippen LogP contribution in [0.3, 0.4) is 0 Å². The summed E-state index contributed by atoms with van der Waals surface area (Å²) in [5, 5.41) is 25.0. The Balaban J connectivity index is 3.36. The highest BCUT2D eigenvalue weighted by atomic mass is 19.4. The Bertz CT molecular complexity index is 416. The third kappa shape index (κ3) is 2.61. The fraction of sp³-hybridized carbons (Fsp3) is 0.125. The van der Waals surface area contributed by atoms with Gasteiger partial charge in [0.2, 0.25) is 0 Å². The quantitative estimate of drug-likeness (QED) is 0.685. The van der Waals surface area contributed by atoms with Crippen molar-refractivity contribution >= 4 is 11.7 Å². The van der Waals surface area contributed by atoms with Crippen LogP contribution in [0.25, 0.3) is 0 Å². The Hall–Kier alpha value is -1.80. The molecule has 0 unspecified atom stereocenters. The number of hydrogen-bond donors (Lipinski definition) is 3. The van der Waals surface area contributed by atoms with Gasteiger partial charge >= 0.3 is 12.1 Å². The summed E-state index contributed by atoms with van der Waals surface area (Å²) in [4.78, 5) is 10.5. The summed E-state index contributed by atoms with van der Waals surface area (Å²) in [6.45, 7) is 0. The maximum atomic E-state index is 12.3. The minimum absolute atomic E-state index is 0.398. The SMILES string of the molecule is O=C(O)c1cc(N(O)O)cc(C(F)(F)F)c1. The number of carboxylic acid groups (broad SMARTS) is 1. The monoisotopic (exact) mass is 237 g/mol. The van der Waals surface area contributed by atoms with Gasteiger partial charge in [-0.05, 0) is 18.2 Å². The van der Waals surface area contributed by atoms with Crippen molar-refractivity contribution in [2.75, 3.05) is 5.23 Å².